The average molecular weight is 372 g/mol. The highest BCUT2D eigenvalue weighted by molar-refractivity contribution is 8.00. The van der Waals surface area contributed by atoms with E-state index in [4.69, 9.17) is 0 Å². The lowest BCUT2D eigenvalue weighted by Crippen LogP contribution is -2.15. The third kappa shape index (κ3) is 4.25. The Balaban J connectivity index is 2.19. The second kappa shape index (κ2) is 7.91. The number of amides is 1. The maximum atomic E-state index is 12.4. The number of carbonyl (C=O) groups is 1. The zero-order valence-electron chi connectivity index (χ0n) is 16.0. The molecule has 0 spiro atoms. The van der Waals surface area contributed by atoms with E-state index in [1.165, 1.54) is 40.1 Å². The minimum absolute atomic E-state index is 0.0785. The van der Waals surface area contributed by atoms with Gasteiger partial charge in [0.1, 0.15) is 5.69 Å². The predicted octanol–water partition coefficient (Wildman–Crippen LogP) is 5.18. The third-order valence-corrected chi connectivity index (χ3v) is 6.04. The van der Waals surface area contributed by atoms with Gasteiger partial charge < -0.3 is 5.32 Å². The van der Waals surface area contributed by atoms with E-state index in [2.05, 4.69) is 39.1 Å². The van der Waals surface area contributed by atoms with Crippen LogP contribution in [0, 0.1) is 51.7 Å². The van der Waals surface area contributed by atoms with Crippen LogP contribution in [0.4, 0.5) is 11.4 Å². The summed E-state index contributed by atoms with van der Waals surface area (Å²) in [5, 5.41) is 14.0. The van der Waals surface area contributed by atoms with E-state index in [0.29, 0.717) is 0 Å². The first-order chi connectivity index (χ1) is 12.1. The summed E-state index contributed by atoms with van der Waals surface area (Å²) < 4.78 is 0. The highest BCUT2D eigenvalue weighted by atomic mass is 32.2. The number of nitrogens with one attached hydrogen (secondary N) is 1. The van der Waals surface area contributed by atoms with Gasteiger partial charge in [-0.25, -0.2) is 0 Å². The fourth-order valence-corrected chi connectivity index (χ4v) is 3.88. The number of aryl methyl sites for hydroxylation is 4. The lowest BCUT2D eigenvalue weighted by atomic mass is 10.0. The van der Waals surface area contributed by atoms with Gasteiger partial charge in [-0.15, -0.1) is 11.8 Å². The summed E-state index contributed by atoms with van der Waals surface area (Å²) in [4.78, 5) is 24.3. The van der Waals surface area contributed by atoms with E-state index in [0.717, 1.165) is 16.0 Å². The highest BCUT2D eigenvalue weighted by Crippen LogP contribution is 2.32. The molecule has 0 aromatic heterocycles. The van der Waals surface area contributed by atoms with Crippen molar-refractivity contribution in [3.63, 3.8) is 0 Å². The number of carbonyl (C=O) groups excluding carboxylic acids is 1. The van der Waals surface area contributed by atoms with Crippen LogP contribution in [-0.2, 0) is 4.79 Å². The van der Waals surface area contributed by atoms with Gasteiger partial charge in [0.25, 0.3) is 5.69 Å². The van der Waals surface area contributed by atoms with Crippen molar-refractivity contribution in [1.82, 2.24) is 0 Å². The van der Waals surface area contributed by atoms with E-state index in [-0.39, 0.29) is 23.0 Å². The second-order valence-electron chi connectivity index (χ2n) is 6.64. The van der Waals surface area contributed by atoms with Crippen molar-refractivity contribution in [2.24, 2.45) is 0 Å². The van der Waals surface area contributed by atoms with Crippen LogP contribution in [0.15, 0.2) is 23.1 Å². The number of nitrogens with zero attached hydrogens (tertiary/aromatic N) is 1. The number of nitro benzene ring substituents is 1. The topological polar surface area (TPSA) is 72.2 Å². The van der Waals surface area contributed by atoms with Crippen LogP contribution in [0.2, 0.25) is 0 Å². The SMILES string of the molecule is Cc1cc(NC(=O)CSc2c(C)c(C)cc(C)c2C)c([N+](=O)[O-])cc1C. The monoisotopic (exact) mass is 372 g/mol. The molecule has 2 rings (SSSR count). The first kappa shape index (κ1) is 20.0. The molecule has 0 aliphatic heterocycles. The van der Waals surface area contributed by atoms with Gasteiger partial charge in [-0.2, -0.15) is 0 Å². The molecule has 0 aliphatic carbocycles. The van der Waals surface area contributed by atoms with Crippen LogP contribution in [0.1, 0.15) is 33.4 Å². The second-order valence-corrected chi connectivity index (χ2v) is 7.62. The standard InChI is InChI=1S/C20H24N2O3S/c1-11-8-17(18(22(24)25)9-12(11)2)21-19(23)10-26-20-15(5)13(3)7-14(4)16(20)6/h7-9H,10H2,1-6H3,(H,21,23). The van der Waals surface area contributed by atoms with Gasteiger partial charge in [-0.05, 0) is 81.0 Å². The van der Waals surface area contributed by atoms with E-state index < -0.39 is 4.92 Å². The summed E-state index contributed by atoms with van der Waals surface area (Å²) in [6, 6.07) is 5.30. The summed E-state index contributed by atoms with van der Waals surface area (Å²) in [7, 11) is 0. The zero-order valence-corrected chi connectivity index (χ0v) is 16.8. The molecule has 6 heteroatoms. The van der Waals surface area contributed by atoms with Crippen molar-refractivity contribution in [2.45, 2.75) is 46.4 Å². The maximum absolute atomic E-state index is 12.4. The van der Waals surface area contributed by atoms with Crippen LogP contribution < -0.4 is 5.32 Å². The molecule has 2 aromatic carbocycles. The fraction of sp³-hybridized carbons (Fsp3) is 0.350. The largest absolute Gasteiger partial charge is 0.320 e. The van der Waals surface area contributed by atoms with Crippen molar-refractivity contribution < 1.29 is 9.72 Å². The Morgan fingerprint density at radius 1 is 0.962 bits per heavy atom. The van der Waals surface area contributed by atoms with Crippen LogP contribution in [0.3, 0.4) is 0 Å². The molecule has 5 nitrogen and oxygen atoms in total. The molecule has 0 heterocycles. The van der Waals surface area contributed by atoms with Gasteiger partial charge in [0.05, 0.1) is 10.7 Å². The Morgan fingerprint density at radius 3 is 2.04 bits per heavy atom. The van der Waals surface area contributed by atoms with Crippen LogP contribution >= 0.6 is 11.8 Å². The fourth-order valence-electron chi connectivity index (χ4n) is 2.77. The number of hydrogen-bond donors (Lipinski definition) is 1. The molecule has 0 radical (unpaired) electrons. The Bertz CT molecular complexity index is 865. The molecule has 0 saturated carbocycles. The molecule has 0 bridgehead atoms. The normalized spacial score (nSPS) is 10.7. The smallest absolute Gasteiger partial charge is 0.293 e. The van der Waals surface area contributed by atoms with Crippen LogP contribution in [0.5, 0.6) is 0 Å². The van der Waals surface area contributed by atoms with Crippen LogP contribution in [-0.4, -0.2) is 16.6 Å². The van der Waals surface area contributed by atoms with E-state index >= 15 is 0 Å². The molecular weight excluding hydrogens is 348 g/mol. The summed E-state index contributed by atoms with van der Waals surface area (Å²) >= 11 is 1.47. The van der Waals surface area contributed by atoms with E-state index in [1.807, 2.05) is 13.8 Å². The number of rotatable bonds is 5. The molecular formula is C20H24N2O3S. The van der Waals surface area contributed by atoms with Crippen LogP contribution in [0.25, 0.3) is 0 Å². The predicted molar refractivity (Wildman–Crippen MR) is 107 cm³/mol. The Labute approximate surface area is 158 Å². The van der Waals surface area contributed by atoms with Gasteiger partial charge in [0, 0.05) is 11.0 Å². The summed E-state index contributed by atoms with van der Waals surface area (Å²) in [6.45, 7) is 11.9. The minimum Gasteiger partial charge on any atom is -0.320 e. The van der Waals surface area contributed by atoms with Gasteiger partial charge in [0.2, 0.25) is 5.91 Å². The van der Waals surface area contributed by atoms with E-state index in [9.17, 15) is 14.9 Å². The highest BCUT2D eigenvalue weighted by Gasteiger charge is 2.18. The van der Waals surface area contributed by atoms with Crippen molar-refractivity contribution in [3.8, 4) is 0 Å². The van der Waals surface area contributed by atoms with Gasteiger partial charge in [-0.3, -0.25) is 14.9 Å². The number of nitro groups is 1. The summed E-state index contributed by atoms with van der Waals surface area (Å²) in [6.07, 6.45) is 0. The molecule has 0 atom stereocenters. The Kier molecular flexibility index (Phi) is 6.08. The number of benzene rings is 2. The van der Waals surface area contributed by atoms with Crippen molar-refractivity contribution in [3.05, 3.63) is 61.7 Å². The van der Waals surface area contributed by atoms with Gasteiger partial charge in [0.15, 0.2) is 0 Å². The Morgan fingerprint density at radius 2 is 1.50 bits per heavy atom. The molecule has 0 unspecified atom stereocenters. The van der Waals surface area contributed by atoms with Crippen molar-refractivity contribution in [2.75, 3.05) is 11.1 Å². The first-order valence-corrected chi connectivity index (χ1v) is 9.36. The quantitative estimate of drug-likeness (QED) is 0.446. The number of thioether (sulfide) groups is 1. The minimum atomic E-state index is -0.465. The number of anilines is 1. The summed E-state index contributed by atoms with van der Waals surface area (Å²) in [5.41, 5.74) is 6.63. The van der Waals surface area contributed by atoms with E-state index in [1.54, 1.807) is 6.07 Å². The maximum Gasteiger partial charge on any atom is 0.293 e. The molecule has 138 valence electrons. The molecule has 0 saturated heterocycles. The number of hydrogen-bond acceptors (Lipinski definition) is 4. The molecule has 1 N–H and O–H groups in total. The van der Waals surface area contributed by atoms with Crippen molar-refractivity contribution >= 4 is 29.0 Å². The molecule has 26 heavy (non-hydrogen) atoms. The lowest BCUT2D eigenvalue weighted by molar-refractivity contribution is -0.384. The average Bonchev–Trinajstić information content (AvgIpc) is 2.56. The van der Waals surface area contributed by atoms with Gasteiger partial charge >= 0.3 is 0 Å². The van der Waals surface area contributed by atoms with Crippen molar-refractivity contribution in [1.29, 1.82) is 0 Å². The molecule has 0 fully saturated rings. The molecule has 2 aromatic rings. The Hall–Kier alpha value is -2.34. The molecule has 1 amide bonds. The third-order valence-electron chi connectivity index (χ3n) is 4.73. The first-order valence-electron chi connectivity index (χ1n) is 8.37. The summed E-state index contributed by atoms with van der Waals surface area (Å²) in [5.74, 6) is -0.0476. The molecule has 0 aliphatic rings. The zero-order chi connectivity index (χ0) is 19.6. The van der Waals surface area contributed by atoms with Gasteiger partial charge in [-0.1, -0.05) is 6.07 Å². The lowest BCUT2D eigenvalue weighted by Gasteiger charge is -2.15.